The monoisotopic (exact) mass is 302 g/mol. The highest BCUT2D eigenvalue weighted by atomic mass is 16.5. The molecule has 1 aromatic carbocycles. The molecule has 0 aliphatic rings. The van der Waals surface area contributed by atoms with Crippen molar-refractivity contribution in [3.05, 3.63) is 54.1 Å². The van der Waals surface area contributed by atoms with Crippen molar-refractivity contribution < 1.29 is 19.1 Å². The van der Waals surface area contributed by atoms with Gasteiger partial charge in [-0.25, -0.2) is 9.59 Å². The van der Waals surface area contributed by atoms with Crippen molar-refractivity contribution in [2.75, 3.05) is 13.2 Å². The van der Waals surface area contributed by atoms with Gasteiger partial charge in [-0.3, -0.25) is 0 Å². The summed E-state index contributed by atoms with van der Waals surface area (Å²) in [5.74, 6) is -0.762. The first-order chi connectivity index (χ1) is 10.7. The second-order valence-corrected chi connectivity index (χ2v) is 4.62. The fourth-order valence-corrected chi connectivity index (χ4v) is 1.58. The highest BCUT2D eigenvalue weighted by Crippen LogP contribution is 2.01. The number of esters is 2. The molecule has 0 heterocycles. The van der Waals surface area contributed by atoms with Gasteiger partial charge in [0.1, 0.15) is 0 Å². The van der Waals surface area contributed by atoms with Crippen molar-refractivity contribution in [2.24, 2.45) is 0 Å². The Bertz CT molecular complexity index is 503. The first kappa shape index (κ1) is 17.7. The van der Waals surface area contributed by atoms with Crippen LogP contribution in [0.25, 0.3) is 6.08 Å². The predicted octanol–water partition coefficient (Wildman–Crippen LogP) is 3.53. The van der Waals surface area contributed by atoms with Crippen LogP contribution in [-0.2, 0) is 19.1 Å². The molecular weight excluding hydrogens is 280 g/mol. The van der Waals surface area contributed by atoms with Gasteiger partial charge in [0.2, 0.25) is 0 Å². The number of hydrogen-bond donors (Lipinski definition) is 0. The summed E-state index contributed by atoms with van der Waals surface area (Å²) in [5, 5.41) is 0. The van der Waals surface area contributed by atoms with Crippen molar-refractivity contribution in [3.63, 3.8) is 0 Å². The zero-order valence-electron chi connectivity index (χ0n) is 12.9. The Labute approximate surface area is 131 Å². The van der Waals surface area contributed by atoms with Gasteiger partial charge in [-0.05, 0) is 18.1 Å². The summed E-state index contributed by atoms with van der Waals surface area (Å²) in [5.41, 5.74) is 0.937. The average Bonchev–Trinajstić information content (AvgIpc) is 2.54. The molecule has 0 N–H and O–H groups in total. The molecule has 0 aromatic heterocycles. The van der Waals surface area contributed by atoms with Gasteiger partial charge in [0.05, 0.1) is 13.2 Å². The summed E-state index contributed by atoms with van der Waals surface area (Å²) in [4.78, 5) is 22.7. The number of ether oxygens (including phenoxy) is 2. The van der Waals surface area contributed by atoms with Gasteiger partial charge in [-0.2, -0.15) is 0 Å². The molecule has 1 aromatic rings. The summed E-state index contributed by atoms with van der Waals surface area (Å²) in [6.07, 6.45) is 8.64. The summed E-state index contributed by atoms with van der Waals surface area (Å²) < 4.78 is 9.97. The molecule has 0 spiro atoms. The van der Waals surface area contributed by atoms with Crippen LogP contribution in [-0.4, -0.2) is 25.2 Å². The summed E-state index contributed by atoms with van der Waals surface area (Å²) in [7, 11) is 0. The third-order valence-corrected chi connectivity index (χ3v) is 2.70. The van der Waals surface area contributed by atoms with E-state index in [1.54, 1.807) is 12.2 Å². The van der Waals surface area contributed by atoms with E-state index in [4.69, 9.17) is 9.47 Å². The molecule has 0 aliphatic heterocycles. The average molecular weight is 302 g/mol. The van der Waals surface area contributed by atoms with Crippen LogP contribution in [0.15, 0.2) is 48.6 Å². The second-order valence-electron chi connectivity index (χ2n) is 4.62. The molecule has 0 unspecified atom stereocenters. The van der Waals surface area contributed by atoms with E-state index in [2.05, 4.69) is 0 Å². The molecule has 0 atom stereocenters. The van der Waals surface area contributed by atoms with Crippen LogP contribution < -0.4 is 0 Å². The van der Waals surface area contributed by atoms with Crippen molar-refractivity contribution in [2.45, 2.75) is 26.2 Å². The number of carbonyl (C=O) groups is 2. The number of unbranched alkanes of at least 4 members (excludes halogenated alkanes) is 1. The maximum Gasteiger partial charge on any atom is 0.330 e. The van der Waals surface area contributed by atoms with E-state index < -0.39 is 5.97 Å². The van der Waals surface area contributed by atoms with Gasteiger partial charge in [-0.1, -0.05) is 49.8 Å². The van der Waals surface area contributed by atoms with Crippen LogP contribution in [0.1, 0.15) is 31.7 Å². The van der Waals surface area contributed by atoms with E-state index in [0.29, 0.717) is 6.42 Å². The van der Waals surface area contributed by atoms with E-state index in [1.165, 1.54) is 12.2 Å². The minimum Gasteiger partial charge on any atom is -0.462 e. The van der Waals surface area contributed by atoms with E-state index in [0.717, 1.165) is 18.4 Å². The fourth-order valence-electron chi connectivity index (χ4n) is 1.58. The normalized spacial score (nSPS) is 11.0. The smallest absolute Gasteiger partial charge is 0.330 e. The zero-order valence-corrected chi connectivity index (χ0v) is 12.9. The lowest BCUT2D eigenvalue weighted by Crippen LogP contribution is -2.08. The Hall–Kier alpha value is -2.36. The minimum absolute atomic E-state index is 0.226. The van der Waals surface area contributed by atoms with Crippen LogP contribution >= 0.6 is 0 Å². The standard InChI is InChI=1S/C18H22O4/c1-2-3-5-11-17(19)21-14-8-15-22-18(20)13-12-16-9-6-4-7-10-16/h4-7,9-13H,2-3,8,14-15H2,1H3/b11-5?,13-12+. The summed E-state index contributed by atoms with van der Waals surface area (Å²) >= 11 is 0. The summed E-state index contributed by atoms with van der Waals surface area (Å²) in [6, 6.07) is 9.50. The summed E-state index contributed by atoms with van der Waals surface area (Å²) in [6.45, 7) is 2.51. The second kappa shape index (κ2) is 11.3. The fraction of sp³-hybridized carbons (Fsp3) is 0.333. The van der Waals surface area contributed by atoms with E-state index in [-0.39, 0.29) is 19.2 Å². The quantitative estimate of drug-likeness (QED) is 0.398. The van der Waals surface area contributed by atoms with Crippen LogP contribution in [0.4, 0.5) is 0 Å². The van der Waals surface area contributed by atoms with Crippen molar-refractivity contribution >= 4 is 18.0 Å². The first-order valence-electron chi connectivity index (χ1n) is 7.45. The maximum atomic E-state index is 11.5. The lowest BCUT2D eigenvalue weighted by atomic mass is 10.2. The zero-order chi connectivity index (χ0) is 16.0. The van der Waals surface area contributed by atoms with Gasteiger partial charge in [0.25, 0.3) is 0 Å². The largest absolute Gasteiger partial charge is 0.462 e. The predicted molar refractivity (Wildman–Crippen MR) is 86.1 cm³/mol. The lowest BCUT2D eigenvalue weighted by Gasteiger charge is -2.03. The first-order valence-corrected chi connectivity index (χ1v) is 7.45. The maximum absolute atomic E-state index is 11.5. The van der Waals surface area contributed by atoms with E-state index in [1.807, 2.05) is 37.3 Å². The Morgan fingerprint density at radius 1 is 1.00 bits per heavy atom. The molecule has 4 nitrogen and oxygen atoms in total. The van der Waals surface area contributed by atoms with Crippen LogP contribution in [0.2, 0.25) is 0 Å². The topological polar surface area (TPSA) is 52.6 Å². The van der Waals surface area contributed by atoms with E-state index >= 15 is 0 Å². The van der Waals surface area contributed by atoms with Gasteiger partial charge >= 0.3 is 11.9 Å². The molecule has 4 heteroatoms. The number of hydrogen-bond acceptors (Lipinski definition) is 4. The van der Waals surface area contributed by atoms with Gasteiger partial charge < -0.3 is 9.47 Å². The molecule has 0 saturated carbocycles. The van der Waals surface area contributed by atoms with Gasteiger partial charge in [0.15, 0.2) is 0 Å². The molecular formula is C18H22O4. The van der Waals surface area contributed by atoms with Crippen LogP contribution in [0.5, 0.6) is 0 Å². The molecule has 1 rings (SSSR count). The van der Waals surface area contributed by atoms with Crippen molar-refractivity contribution in [1.82, 2.24) is 0 Å². The molecule has 0 amide bonds. The Balaban J connectivity index is 2.10. The van der Waals surface area contributed by atoms with E-state index in [9.17, 15) is 9.59 Å². The third kappa shape index (κ3) is 8.74. The Kier molecular flexibility index (Phi) is 9.10. The van der Waals surface area contributed by atoms with Crippen molar-refractivity contribution in [1.29, 1.82) is 0 Å². The lowest BCUT2D eigenvalue weighted by molar-refractivity contribution is -0.140. The van der Waals surface area contributed by atoms with Crippen molar-refractivity contribution in [3.8, 4) is 0 Å². The molecule has 118 valence electrons. The van der Waals surface area contributed by atoms with Crippen LogP contribution in [0.3, 0.4) is 0 Å². The Morgan fingerprint density at radius 3 is 2.27 bits per heavy atom. The SMILES string of the molecule is CCCC=CC(=O)OCCCOC(=O)/C=C/c1ccccc1. The van der Waals surface area contributed by atoms with Gasteiger partial charge in [-0.15, -0.1) is 0 Å². The molecule has 0 radical (unpaired) electrons. The number of allylic oxidation sites excluding steroid dienone is 1. The molecule has 0 saturated heterocycles. The highest BCUT2D eigenvalue weighted by molar-refractivity contribution is 5.87. The third-order valence-electron chi connectivity index (χ3n) is 2.70. The van der Waals surface area contributed by atoms with Crippen LogP contribution in [0, 0.1) is 0 Å². The molecule has 0 bridgehead atoms. The number of rotatable bonds is 9. The Morgan fingerprint density at radius 2 is 1.64 bits per heavy atom. The molecule has 22 heavy (non-hydrogen) atoms. The minimum atomic E-state index is -0.405. The molecule has 0 aliphatic carbocycles. The number of carbonyl (C=O) groups excluding carboxylic acids is 2. The van der Waals surface area contributed by atoms with Gasteiger partial charge in [0, 0.05) is 18.6 Å². The highest BCUT2D eigenvalue weighted by Gasteiger charge is 1.99. The molecule has 0 fully saturated rings. The number of benzene rings is 1.